The lowest BCUT2D eigenvalue weighted by atomic mass is 9.94. The summed E-state index contributed by atoms with van der Waals surface area (Å²) < 4.78 is 0. The third-order valence-corrected chi connectivity index (χ3v) is 3.97. The van der Waals surface area contributed by atoms with Crippen LogP contribution in [-0.4, -0.2) is 28.3 Å². The van der Waals surface area contributed by atoms with Gasteiger partial charge in [-0.3, -0.25) is 9.59 Å². The molecule has 0 bridgehead atoms. The first-order valence-corrected chi connectivity index (χ1v) is 7.11. The zero-order chi connectivity index (χ0) is 14.9. The summed E-state index contributed by atoms with van der Waals surface area (Å²) >= 11 is 5.97. The molecule has 1 atom stereocenters. The molecule has 1 aliphatic heterocycles. The monoisotopic (exact) mass is 294 g/mol. The van der Waals surface area contributed by atoms with E-state index < -0.39 is 11.6 Å². The van der Waals surface area contributed by atoms with Gasteiger partial charge in [-0.05, 0) is 38.0 Å². The number of piperazine rings is 1. The van der Waals surface area contributed by atoms with E-state index in [0.717, 1.165) is 5.56 Å². The molecule has 2 rings (SSSR count). The van der Waals surface area contributed by atoms with Crippen molar-refractivity contribution in [3.8, 4) is 0 Å². The van der Waals surface area contributed by atoms with Crippen LogP contribution in [0.5, 0.6) is 0 Å². The molecule has 1 N–H and O–H groups in total. The second-order valence-corrected chi connectivity index (χ2v) is 5.98. The fraction of sp³-hybridized carbons (Fsp3) is 0.467. The van der Waals surface area contributed by atoms with Crippen molar-refractivity contribution in [2.75, 3.05) is 0 Å². The van der Waals surface area contributed by atoms with Crippen LogP contribution in [-0.2, 0) is 16.1 Å². The smallest absolute Gasteiger partial charge is 0.246 e. The van der Waals surface area contributed by atoms with Crippen LogP contribution < -0.4 is 5.32 Å². The number of hydrogen-bond donors (Lipinski definition) is 1. The van der Waals surface area contributed by atoms with Crippen molar-refractivity contribution in [2.24, 2.45) is 0 Å². The molecule has 5 heteroatoms. The van der Waals surface area contributed by atoms with Gasteiger partial charge in [0.1, 0.15) is 11.6 Å². The van der Waals surface area contributed by atoms with E-state index in [-0.39, 0.29) is 11.8 Å². The predicted molar refractivity (Wildman–Crippen MR) is 78.3 cm³/mol. The van der Waals surface area contributed by atoms with Gasteiger partial charge in [0.15, 0.2) is 0 Å². The topological polar surface area (TPSA) is 49.4 Å². The lowest BCUT2D eigenvalue weighted by Gasteiger charge is -2.44. The first-order valence-electron chi connectivity index (χ1n) is 6.73. The fourth-order valence-electron chi connectivity index (χ4n) is 2.35. The zero-order valence-electron chi connectivity index (χ0n) is 11.9. The Kier molecular flexibility index (Phi) is 4.04. The molecule has 1 heterocycles. The fourth-order valence-corrected chi connectivity index (χ4v) is 2.57. The van der Waals surface area contributed by atoms with Crippen molar-refractivity contribution < 1.29 is 9.59 Å². The highest BCUT2D eigenvalue weighted by molar-refractivity contribution is 6.30. The third kappa shape index (κ3) is 2.66. The van der Waals surface area contributed by atoms with Gasteiger partial charge >= 0.3 is 0 Å². The third-order valence-electron chi connectivity index (χ3n) is 3.74. The van der Waals surface area contributed by atoms with Crippen LogP contribution in [0, 0.1) is 0 Å². The maximum atomic E-state index is 12.5. The Morgan fingerprint density at radius 1 is 1.35 bits per heavy atom. The van der Waals surface area contributed by atoms with Crippen LogP contribution in [0.4, 0.5) is 0 Å². The molecular formula is C15H19ClN2O2. The van der Waals surface area contributed by atoms with E-state index >= 15 is 0 Å². The summed E-state index contributed by atoms with van der Waals surface area (Å²) in [6.45, 7) is 5.79. The number of halogens is 1. The summed E-state index contributed by atoms with van der Waals surface area (Å²) in [5.41, 5.74) is 0.0638. The molecule has 0 saturated carbocycles. The molecule has 0 aromatic heterocycles. The molecule has 4 nitrogen and oxygen atoms in total. The molecule has 0 aliphatic carbocycles. The molecule has 1 unspecified atom stereocenters. The van der Waals surface area contributed by atoms with Crippen LogP contribution in [0.15, 0.2) is 24.3 Å². The largest absolute Gasteiger partial charge is 0.342 e. The molecule has 1 aromatic carbocycles. The van der Waals surface area contributed by atoms with Gasteiger partial charge in [0.05, 0.1) is 0 Å². The van der Waals surface area contributed by atoms with E-state index in [0.29, 0.717) is 18.0 Å². The minimum atomic E-state index is -0.856. The van der Waals surface area contributed by atoms with E-state index in [4.69, 9.17) is 11.6 Å². The Hall–Kier alpha value is -1.55. The molecule has 1 saturated heterocycles. The van der Waals surface area contributed by atoms with E-state index in [1.807, 2.05) is 25.1 Å². The van der Waals surface area contributed by atoms with Crippen molar-refractivity contribution in [1.29, 1.82) is 0 Å². The van der Waals surface area contributed by atoms with Crippen molar-refractivity contribution in [3.63, 3.8) is 0 Å². The molecule has 108 valence electrons. The quantitative estimate of drug-likeness (QED) is 0.930. The lowest BCUT2D eigenvalue weighted by Crippen LogP contribution is -2.67. The Balaban J connectivity index is 2.30. The number of amides is 2. The average Bonchev–Trinajstić information content (AvgIpc) is 2.39. The van der Waals surface area contributed by atoms with Crippen LogP contribution >= 0.6 is 11.6 Å². The van der Waals surface area contributed by atoms with E-state index in [1.165, 1.54) is 0 Å². The highest BCUT2D eigenvalue weighted by Gasteiger charge is 2.45. The number of benzene rings is 1. The van der Waals surface area contributed by atoms with Crippen LogP contribution in [0.25, 0.3) is 0 Å². The van der Waals surface area contributed by atoms with E-state index in [2.05, 4.69) is 5.32 Å². The number of carbonyl (C=O) groups excluding carboxylic acids is 2. The number of rotatable bonds is 3. The Labute approximate surface area is 124 Å². The van der Waals surface area contributed by atoms with Crippen LogP contribution in [0.3, 0.4) is 0 Å². The Bertz CT molecular complexity index is 542. The summed E-state index contributed by atoms with van der Waals surface area (Å²) in [7, 11) is 0. The minimum absolute atomic E-state index is 0.0444. The van der Waals surface area contributed by atoms with Gasteiger partial charge in [0.25, 0.3) is 0 Å². The standard InChI is InChI=1S/C15H19ClN2O2/c1-4-12-13(19)18(15(2,3)14(20)17-12)9-10-6-5-7-11(16)8-10/h5-8,12H,4,9H2,1-3H3,(H,17,20). The maximum absolute atomic E-state index is 12.5. The summed E-state index contributed by atoms with van der Waals surface area (Å²) in [5, 5.41) is 3.40. The number of nitrogens with zero attached hydrogens (tertiary/aromatic N) is 1. The first kappa shape index (κ1) is 14.9. The molecule has 1 aliphatic rings. The summed E-state index contributed by atoms with van der Waals surface area (Å²) in [6, 6.07) is 6.92. The van der Waals surface area contributed by atoms with Gasteiger partial charge in [-0.2, -0.15) is 0 Å². The summed E-state index contributed by atoms with van der Waals surface area (Å²) in [6.07, 6.45) is 0.590. The number of hydrogen-bond acceptors (Lipinski definition) is 2. The Morgan fingerprint density at radius 2 is 2.05 bits per heavy atom. The molecule has 1 aromatic rings. The second kappa shape index (κ2) is 5.44. The van der Waals surface area contributed by atoms with Crippen molar-refractivity contribution in [1.82, 2.24) is 10.2 Å². The summed E-state index contributed by atoms with van der Waals surface area (Å²) in [4.78, 5) is 26.3. The highest BCUT2D eigenvalue weighted by Crippen LogP contribution is 2.25. The van der Waals surface area contributed by atoms with Gasteiger partial charge in [-0.15, -0.1) is 0 Å². The number of carbonyl (C=O) groups is 2. The van der Waals surface area contributed by atoms with Crippen LogP contribution in [0.2, 0.25) is 5.02 Å². The van der Waals surface area contributed by atoms with Crippen molar-refractivity contribution in [3.05, 3.63) is 34.9 Å². The minimum Gasteiger partial charge on any atom is -0.342 e. The lowest BCUT2D eigenvalue weighted by molar-refractivity contribution is -0.156. The molecule has 0 spiro atoms. The predicted octanol–water partition coefficient (Wildman–Crippen LogP) is 2.36. The van der Waals surface area contributed by atoms with Crippen molar-refractivity contribution >= 4 is 23.4 Å². The normalized spacial score (nSPS) is 21.8. The van der Waals surface area contributed by atoms with E-state index in [9.17, 15) is 9.59 Å². The molecule has 2 amide bonds. The van der Waals surface area contributed by atoms with Crippen LogP contribution in [0.1, 0.15) is 32.8 Å². The summed E-state index contributed by atoms with van der Waals surface area (Å²) in [5.74, 6) is -0.164. The molecular weight excluding hydrogens is 276 g/mol. The zero-order valence-corrected chi connectivity index (χ0v) is 12.7. The van der Waals surface area contributed by atoms with Crippen molar-refractivity contribution in [2.45, 2.75) is 45.3 Å². The van der Waals surface area contributed by atoms with Gasteiger partial charge in [0.2, 0.25) is 11.8 Å². The second-order valence-electron chi connectivity index (χ2n) is 5.55. The maximum Gasteiger partial charge on any atom is 0.246 e. The molecule has 20 heavy (non-hydrogen) atoms. The van der Waals surface area contributed by atoms with E-state index in [1.54, 1.807) is 24.8 Å². The Morgan fingerprint density at radius 3 is 2.65 bits per heavy atom. The van der Waals surface area contributed by atoms with Gasteiger partial charge in [-0.1, -0.05) is 30.7 Å². The average molecular weight is 295 g/mol. The molecule has 1 fully saturated rings. The molecule has 0 radical (unpaired) electrons. The van der Waals surface area contributed by atoms with Gasteiger partial charge in [-0.25, -0.2) is 0 Å². The van der Waals surface area contributed by atoms with Gasteiger partial charge in [0, 0.05) is 11.6 Å². The highest BCUT2D eigenvalue weighted by atomic mass is 35.5. The number of nitrogens with one attached hydrogen (secondary N) is 1. The first-order chi connectivity index (χ1) is 9.36. The SMILES string of the molecule is CCC1NC(=O)C(C)(C)N(Cc2cccc(Cl)c2)C1=O. The van der Waals surface area contributed by atoms with Gasteiger partial charge < -0.3 is 10.2 Å².